The lowest BCUT2D eigenvalue weighted by molar-refractivity contribution is -0.129. The van der Waals surface area contributed by atoms with E-state index in [-0.39, 0.29) is 23.7 Å². The van der Waals surface area contributed by atoms with Crippen LogP contribution in [0.2, 0.25) is 0 Å². The Kier molecular flexibility index (Phi) is 4.93. The van der Waals surface area contributed by atoms with Gasteiger partial charge in [0.05, 0.1) is 11.8 Å². The molecule has 0 fully saturated rings. The number of carboxylic acid groups (broad SMARTS) is 1. The highest BCUT2D eigenvalue weighted by atomic mass is 16.4. The van der Waals surface area contributed by atoms with Gasteiger partial charge in [0, 0.05) is 19.8 Å². The summed E-state index contributed by atoms with van der Waals surface area (Å²) in [4.78, 5) is 36.3. The third-order valence-electron chi connectivity index (χ3n) is 3.29. The molecule has 0 aliphatic rings. The molecule has 0 saturated heterocycles. The number of aryl methyl sites for hydroxylation is 1. The van der Waals surface area contributed by atoms with Crippen LogP contribution in [0.25, 0.3) is 0 Å². The Hall–Kier alpha value is -3.23. The number of nitrogens with one attached hydrogen (secondary N) is 1. The number of hydrogen-bond donors (Lipinski definition) is 2. The van der Waals surface area contributed by atoms with Gasteiger partial charge in [0.2, 0.25) is 5.91 Å². The molecule has 1 heterocycles. The summed E-state index contributed by atoms with van der Waals surface area (Å²) >= 11 is 0. The molecule has 0 saturated carbocycles. The van der Waals surface area contributed by atoms with Gasteiger partial charge in [-0.05, 0) is 24.6 Å². The first kappa shape index (κ1) is 17.1. The number of carbonyl (C=O) groups excluding carboxylic acids is 2. The maximum absolute atomic E-state index is 12.1. The van der Waals surface area contributed by atoms with Crippen molar-refractivity contribution in [2.45, 2.75) is 13.5 Å². The van der Waals surface area contributed by atoms with Gasteiger partial charge in [0.1, 0.15) is 6.54 Å². The maximum atomic E-state index is 12.1. The summed E-state index contributed by atoms with van der Waals surface area (Å²) in [5.74, 6) is -1.80. The number of carboxylic acids is 1. The number of benzene rings is 1. The molecule has 0 aliphatic carbocycles. The molecule has 126 valence electrons. The second-order valence-electron chi connectivity index (χ2n) is 5.38. The molecule has 0 atom stereocenters. The highest BCUT2D eigenvalue weighted by Crippen LogP contribution is 2.16. The molecule has 1 aromatic heterocycles. The summed E-state index contributed by atoms with van der Waals surface area (Å²) in [5, 5.41) is 19.1. The number of amides is 2. The molecule has 0 spiro atoms. The molecule has 0 aliphatic heterocycles. The van der Waals surface area contributed by atoms with Crippen LogP contribution in [0, 0.1) is 6.92 Å². The molecule has 0 unspecified atom stereocenters. The van der Waals surface area contributed by atoms with Crippen molar-refractivity contribution >= 4 is 23.5 Å². The molecule has 2 N–H and O–H groups in total. The number of aromatic nitrogens is 3. The van der Waals surface area contributed by atoms with Crippen LogP contribution in [0.4, 0.5) is 5.69 Å². The first-order valence-electron chi connectivity index (χ1n) is 7.03. The van der Waals surface area contributed by atoms with Gasteiger partial charge in [0.25, 0.3) is 5.91 Å². The van der Waals surface area contributed by atoms with Crippen molar-refractivity contribution in [2.24, 2.45) is 0 Å². The van der Waals surface area contributed by atoms with Crippen LogP contribution in [0.3, 0.4) is 0 Å². The number of aromatic carboxylic acids is 1. The SMILES string of the molecule is Cc1ccc(NC(=O)c2cn(CC(=O)N(C)C)nn2)cc1C(=O)O. The van der Waals surface area contributed by atoms with E-state index in [0.717, 1.165) is 0 Å². The Labute approximate surface area is 137 Å². The molecule has 0 radical (unpaired) electrons. The van der Waals surface area contributed by atoms with E-state index in [1.54, 1.807) is 33.2 Å². The van der Waals surface area contributed by atoms with Crippen LogP contribution in [-0.4, -0.2) is 56.9 Å². The fourth-order valence-corrected chi connectivity index (χ4v) is 1.89. The first-order chi connectivity index (χ1) is 11.3. The smallest absolute Gasteiger partial charge is 0.336 e. The van der Waals surface area contributed by atoms with Crippen molar-refractivity contribution in [3.63, 3.8) is 0 Å². The van der Waals surface area contributed by atoms with Gasteiger partial charge in [-0.1, -0.05) is 11.3 Å². The Morgan fingerprint density at radius 3 is 2.62 bits per heavy atom. The van der Waals surface area contributed by atoms with Gasteiger partial charge in [0.15, 0.2) is 5.69 Å². The predicted molar refractivity (Wildman–Crippen MR) is 84.8 cm³/mol. The Morgan fingerprint density at radius 2 is 2.00 bits per heavy atom. The largest absolute Gasteiger partial charge is 0.478 e. The molecule has 9 nitrogen and oxygen atoms in total. The first-order valence-corrected chi connectivity index (χ1v) is 7.03. The van der Waals surface area contributed by atoms with Crippen LogP contribution < -0.4 is 5.32 Å². The third kappa shape index (κ3) is 3.94. The highest BCUT2D eigenvalue weighted by molar-refractivity contribution is 6.03. The Balaban J connectivity index is 2.11. The van der Waals surface area contributed by atoms with Crippen molar-refractivity contribution < 1.29 is 19.5 Å². The molecular weight excluding hydrogens is 314 g/mol. The second-order valence-corrected chi connectivity index (χ2v) is 5.38. The molecule has 2 aromatic rings. The average Bonchev–Trinajstić information content (AvgIpc) is 2.97. The number of carbonyl (C=O) groups is 3. The van der Waals surface area contributed by atoms with Gasteiger partial charge in [-0.25, -0.2) is 9.48 Å². The minimum atomic E-state index is -1.07. The zero-order valence-corrected chi connectivity index (χ0v) is 13.5. The quantitative estimate of drug-likeness (QED) is 0.829. The van der Waals surface area contributed by atoms with Gasteiger partial charge in [-0.15, -0.1) is 5.10 Å². The lowest BCUT2D eigenvalue weighted by Gasteiger charge is -2.08. The van der Waals surface area contributed by atoms with Crippen LogP contribution in [0.1, 0.15) is 26.4 Å². The van der Waals surface area contributed by atoms with Gasteiger partial charge >= 0.3 is 5.97 Å². The average molecular weight is 331 g/mol. The van der Waals surface area contributed by atoms with E-state index in [0.29, 0.717) is 11.3 Å². The summed E-state index contributed by atoms with van der Waals surface area (Å²) in [6, 6.07) is 4.57. The monoisotopic (exact) mass is 331 g/mol. The van der Waals surface area contributed by atoms with Gasteiger partial charge < -0.3 is 15.3 Å². The summed E-state index contributed by atoms with van der Waals surface area (Å²) in [6.07, 6.45) is 1.35. The van der Waals surface area contributed by atoms with Crippen molar-refractivity contribution in [2.75, 3.05) is 19.4 Å². The van der Waals surface area contributed by atoms with E-state index in [4.69, 9.17) is 5.11 Å². The third-order valence-corrected chi connectivity index (χ3v) is 3.29. The van der Waals surface area contributed by atoms with E-state index in [1.807, 2.05) is 0 Å². The summed E-state index contributed by atoms with van der Waals surface area (Å²) in [7, 11) is 3.23. The minimum Gasteiger partial charge on any atom is -0.478 e. The number of hydrogen-bond acceptors (Lipinski definition) is 5. The van der Waals surface area contributed by atoms with Crippen LogP contribution in [0.5, 0.6) is 0 Å². The number of nitrogens with zero attached hydrogens (tertiary/aromatic N) is 4. The highest BCUT2D eigenvalue weighted by Gasteiger charge is 2.15. The molecule has 0 bridgehead atoms. The number of likely N-dealkylation sites (N-methyl/N-ethyl adjacent to an activating group) is 1. The summed E-state index contributed by atoms with van der Waals surface area (Å²) in [6.45, 7) is 1.64. The number of rotatable bonds is 5. The minimum absolute atomic E-state index is 0.0268. The lowest BCUT2D eigenvalue weighted by Crippen LogP contribution is -2.26. The van der Waals surface area contributed by atoms with Crippen molar-refractivity contribution in [1.29, 1.82) is 0 Å². The van der Waals surface area contributed by atoms with E-state index < -0.39 is 11.9 Å². The van der Waals surface area contributed by atoms with Crippen molar-refractivity contribution in [3.05, 3.63) is 41.2 Å². The fraction of sp³-hybridized carbons (Fsp3) is 0.267. The standard InChI is InChI=1S/C15H17N5O4/c1-9-4-5-10(6-11(9)15(23)24)16-14(22)12-7-20(18-17-12)8-13(21)19(2)3/h4-7H,8H2,1-3H3,(H,16,22)(H,23,24). The van der Waals surface area contributed by atoms with Crippen LogP contribution >= 0.6 is 0 Å². The molecular formula is C15H17N5O4. The van der Waals surface area contributed by atoms with E-state index in [2.05, 4.69) is 15.6 Å². The van der Waals surface area contributed by atoms with Gasteiger partial charge in [-0.2, -0.15) is 0 Å². The zero-order valence-electron chi connectivity index (χ0n) is 13.5. The topological polar surface area (TPSA) is 117 Å². The molecule has 2 amide bonds. The zero-order chi connectivity index (χ0) is 17.9. The predicted octanol–water partition coefficient (Wildman–Crippen LogP) is 0.625. The normalized spacial score (nSPS) is 10.3. The number of anilines is 1. The lowest BCUT2D eigenvalue weighted by atomic mass is 10.1. The van der Waals surface area contributed by atoms with Gasteiger partial charge in [-0.3, -0.25) is 9.59 Å². The second kappa shape index (κ2) is 6.90. The molecule has 2 rings (SSSR count). The molecule has 24 heavy (non-hydrogen) atoms. The van der Waals surface area contributed by atoms with E-state index in [1.165, 1.54) is 21.8 Å². The van der Waals surface area contributed by atoms with Crippen molar-refractivity contribution in [1.82, 2.24) is 19.9 Å². The van der Waals surface area contributed by atoms with Crippen LogP contribution in [-0.2, 0) is 11.3 Å². The maximum Gasteiger partial charge on any atom is 0.336 e. The van der Waals surface area contributed by atoms with E-state index >= 15 is 0 Å². The summed E-state index contributed by atoms with van der Waals surface area (Å²) < 4.78 is 1.26. The Bertz CT molecular complexity index is 797. The molecule has 9 heteroatoms. The summed E-state index contributed by atoms with van der Waals surface area (Å²) in [5.41, 5.74) is 1.06. The fourth-order valence-electron chi connectivity index (χ4n) is 1.89. The van der Waals surface area contributed by atoms with Crippen LogP contribution in [0.15, 0.2) is 24.4 Å². The molecule has 1 aromatic carbocycles. The van der Waals surface area contributed by atoms with E-state index in [9.17, 15) is 14.4 Å². The Morgan fingerprint density at radius 1 is 1.29 bits per heavy atom. The van der Waals surface area contributed by atoms with Crippen molar-refractivity contribution in [3.8, 4) is 0 Å².